The lowest BCUT2D eigenvalue weighted by molar-refractivity contribution is -0.139. The Labute approximate surface area is 137 Å². The van der Waals surface area contributed by atoms with E-state index in [2.05, 4.69) is 15.5 Å². The highest BCUT2D eigenvalue weighted by molar-refractivity contribution is 7.11. The van der Waals surface area contributed by atoms with Crippen LogP contribution in [0, 0.1) is 0 Å². The minimum absolute atomic E-state index is 0.0768. The number of alkyl carbamates (subject to hydrolysis) is 1. The standard InChI is InChI=1S/C15H17N3O4S/c1-2-12-17-18-13(23-12)8-11(14(19)20)16-15(21)22-9-10-6-4-3-5-7-10/h3-7,11H,2,8-9H2,1H3,(H,16,21)(H,19,20). The maximum Gasteiger partial charge on any atom is 0.408 e. The van der Waals surface area contributed by atoms with Gasteiger partial charge in [-0.2, -0.15) is 0 Å². The number of aromatic nitrogens is 2. The van der Waals surface area contributed by atoms with Gasteiger partial charge in [-0.1, -0.05) is 37.3 Å². The summed E-state index contributed by atoms with van der Waals surface area (Å²) < 4.78 is 5.03. The van der Waals surface area contributed by atoms with E-state index in [0.717, 1.165) is 17.0 Å². The molecular weight excluding hydrogens is 318 g/mol. The number of carbonyl (C=O) groups is 2. The molecule has 1 aromatic carbocycles. The van der Waals surface area contributed by atoms with Crippen molar-refractivity contribution in [2.24, 2.45) is 0 Å². The molecule has 8 heteroatoms. The van der Waals surface area contributed by atoms with E-state index in [4.69, 9.17) is 4.74 Å². The molecule has 1 heterocycles. The topological polar surface area (TPSA) is 101 Å². The quantitative estimate of drug-likeness (QED) is 0.803. The van der Waals surface area contributed by atoms with Crippen molar-refractivity contribution >= 4 is 23.4 Å². The van der Waals surface area contributed by atoms with E-state index in [0.29, 0.717) is 5.01 Å². The van der Waals surface area contributed by atoms with Crippen molar-refractivity contribution in [3.05, 3.63) is 45.9 Å². The second-order valence-electron chi connectivity index (χ2n) is 4.74. The van der Waals surface area contributed by atoms with E-state index in [1.165, 1.54) is 11.3 Å². The van der Waals surface area contributed by atoms with Crippen LogP contribution in [-0.4, -0.2) is 33.4 Å². The molecule has 7 nitrogen and oxygen atoms in total. The van der Waals surface area contributed by atoms with E-state index in [1.54, 1.807) is 0 Å². The van der Waals surface area contributed by atoms with Gasteiger partial charge in [0.15, 0.2) is 0 Å². The SMILES string of the molecule is CCc1nnc(CC(NC(=O)OCc2ccccc2)C(=O)O)s1. The molecule has 0 spiro atoms. The number of amides is 1. The maximum absolute atomic E-state index is 11.8. The molecule has 0 saturated heterocycles. The van der Waals surface area contributed by atoms with E-state index < -0.39 is 18.1 Å². The molecule has 1 amide bonds. The fourth-order valence-electron chi connectivity index (χ4n) is 1.80. The monoisotopic (exact) mass is 335 g/mol. The van der Waals surface area contributed by atoms with E-state index >= 15 is 0 Å². The van der Waals surface area contributed by atoms with Crippen LogP contribution in [0.3, 0.4) is 0 Å². The maximum atomic E-state index is 11.8. The Morgan fingerprint density at radius 2 is 1.96 bits per heavy atom. The molecule has 1 atom stereocenters. The third kappa shape index (κ3) is 5.33. The third-order valence-electron chi connectivity index (χ3n) is 2.99. The first-order valence-electron chi connectivity index (χ1n) is 7.09. The van der Waals surface area contributed by atoms with Gasteiger partial charge in [0.05, 0.1) is 0 Å². The van der Waals surface area contributed by atoms with Crippen LogP contribution in [0.25, 0.3) is 0 Å². The van der Waals surface area contributed by atoms with Crippen LogP contribution < -0.4 is 5.32 Å². The predicted octanol–water partition coefficient (Wildman–Crippen LogP) is 2.02. The van der Waals surface area contributed by atoms with E-state index in [-0.39, 0.29) is 13.0 Å². The molecule has 0 fully saturated rings. The first kappa shape index (κ1) is 16.9. The Hall–Kier alpha value is -2.48. The normalized spacial score (nSPS) is 11.7. The Bertz CT molecular complexity index is 660. The molecule has 0 radical (unpaired) electrons. The van der Waals surface area contributed by atoms with E-state index in [1.807, 2.05) is 37.3 Å². The number of nitrogens with one attached hydrogen (secondary N) is 1. The zero-order chi connectivity index (χ0) is 16.7. The summed E-state index contributed by atoms with van der Waals surface area (Å²) in [6.07, 6.45) is 0.0385. The zero-order valence-electron chi connectivity index (χ0n) is 12.6. The number of rotatable bonds is 7. The van der Waals surface area contributed by atoms with Gasteiger partial charge in [0.25, 0.3) is 0 Å². The average Bonchev–Trinajstić information content (AvgIpc) is 3.01. The molecule has 1 aromatic heterocycles. The average molecular weight is 335 g/mol. The predicted molar refractivity (Wildman–Crippen MR) is 84.2 cm³/mol. The fraction of sp³-hybridized carbons (Fsp3) is 0.333. The molecule has 23 heavy (non-hydrogen) atoms. The fourth-order valence-corrected chi connectivity index (χ4v) is 2.63. The van der Waals surface area contributed by atoms with Gasteiger partial charge < -0.3 is 15.2 Å². The van der Waals surface area contributed by atoms with Gasteiger partial charge in [-0.25, -0.2) is 9.59 Å². The molecule has 0 bridgehead atoms. The number of benzene rings is 1. The summed E-state index contributed by atoms with van der Waals surface area (Å²) in [5, 5.41) is 20.8. The lowest BCUT2D eigenvalue weighted by Crippen LogP contribution is -2.42. The zero-order valence-corrected chi connectivity index (χ0v) is 13.4. The minimum atomic E-state index is -1.14. The van der Waals surface area contributed by atoms with Gasteiger partial charge >= 0.3 is 12.1 Å². The first-order chi connectivity index (χ1) is 11.1. The lowest BCUT2D eigenvalue weighted by atomic mass is 10.2. The van der Waals surface area contributed by atoms with Crippen molar-refractivity contribution in [1.29, 1.82) is 0 Å². The van der Waals surface area contributed by atoms with E-state index in [9.17, 15) is 14.7 Å². The number of aliphatic carboxylic acids is 1. The van der Waals surface area contributed by atoms with Gasteiger partial charge in [-0.3, -0.25) is 0 Å². The number of hydrogen-bond acceptors (Lipinski definition) is 6. The molecule has 0 aliphatic heterocycles. The highest BCUT2D eigenvalue weighted by atomic mass is 32.1. The highest BCUT2D eigenvalue weighted by Crippen LogP contribution is 2.12. The van der Waals surface area contributed by atoms with Crippen LogP contribution >= 0.6 is 11.3 Å². The molecule has 2 rings (SSSR count). The van der Waals surface area contributed by atoms with Crippen molar-refractivity contribution in [1.82, 2.24) is 15.5 Å². The van der Waals surface area contributed by atoms with Crippen LogP contribution in [0.2, 0.25) is 0 Å². The van der Waals surface area contributed by atoms with Crippen molar-refractivity contribution < 1.29 is 19.4 Å². The van der Waals surface area contributed by atoms with Gasteiger partial charge in [0, 0.05) is 6.42 Å². The van der Waals surface area contributed by atoms with Crippen LogP contribution in [0.15, 0.2) is 30.3 Å². The summed E-state index contributed by atoms with van der Waals surface area (Å²) in [5.41, 5.74) is 0.825. The number of aryl methyl sites for hydroxylation is 1. The Balaban J connectivity index is 1.88. The smallest absolute Gasteiger partial charge is 0.408 e. The number of carboxylic acids is 1. The minimum Gasteiger partial charge on any atom is -0.480 e. The van der Waals surface area contributed by atoms with Crippen LogP contribution in [0.5, 0.6) is 0 Å². The van der Waals surface area contributed by atoms with Gasteiger partial charge in [-0.05, 0) is 12.0 Å². The number of nitrogens with zero attached hydrogens (tertiary/aromatic N) is 2. The second-order valence-corrected chi connectivity index (χ2v) is 5.89. The van der Waals surface area contributed by atoms with Crippen molar-refractivity contribution in [3.63, 3.8) is 0 Å². The van der Waals surface area contributed by atoms with Crippen LogP contribution in [-0.2, 0) is 29.0 Å². The molecule has 2 N–H and O–H groups in total. The van der Waals surface area contributed by atoms with Crippen LogP contribution in [0.1, 0.15) is 22.5 Å². The molecule has 0 saturated carbocycles. The Kier molecular flexibility index (Phi) is 6.04. The molecular formula is C15H17N3O4S. The van der Waals surface area contributed by atoms with Crippen molar-refractivity contribution in [2.75, 3.05) is 0 Å². The molecule has 122 valence electrons. The molecule has 2 aromatic rings. The summed E-state index contributed by atoms with van der Waals surface area (Å²) in [4.78, 5) is 23.0. The summed E-state index contributed by atoms with van der Waals surface area (Å²) >= 11 is 1.34. The Morgan fingerprint density at radius 1 is 1.26 bits per heavy atom. The summed E-state index contributed by atoms with van der Waals surface area (Å²) in [6, 6.07) is 8.05. The van der Waals surface area contributed by atoms with Crippen molar-refractivity contribution in [3.8, 4) is 0 Å². The highest BCUT2D eigenvalue weighted by Gasteiger charge is 2.23. The number of ether oxygens (including phenoxy) is 1. The van der Waals surface area contributed by atoms with Gasteiger partial charge in [0.2, 0.25) is 0 Å². The Morgan fingerprint density at radius 3 is 2.57 bits per heavy atom. The first-order valence-corrected chi connectivity index (χ1v) is 7.91. The molecule has 1 unspecified atom stereocenters. The summed E-state index contributed by atoms with van der Waals surface area (Å²) in [6.45, 7) is 2.02. The van der Waals surface area contributed by atoms with Crippen molar-refractivity contribution in [2.45, 2.75) is 32.4 Å². The molecule has 0 aliphatic rings. The largest absolute Gasteiger partial charge is 0.480 e. The number of carbonyl (C=O) groups excluding carboxylic acids is 1. The van der Waals surface area contributed by atoms with Gasteiger partial charge in [-0.15, -0.1) is 21.5 Å². The summed E-state index contributed by atoms with van der Waals surface area (Å²) in [5.74, 6) is -1.14. The van der Waals surface area contributed by atoms with Gasteiger partial charge in [0.1, 0.15) is 22.7 Å². The lowest BCUT2D eigenvalue weighted by Gasteiger charge is -2.13. The second kappa shape index (κ2) is 8.23. The molecule has 0 aliphatic carbocycles. The number of carboxylic acid groups (broad SMARTS) is 1. The summed E-state index contributed by atoms with van der Waals surface area (Å²) in [7, 11) is 0. The number of hydrogen-bond donors (Lipinski definition) is 2. The third-order valence-corrected chi connectivity index (χ3v) is 4.08. The van der Waals surface area contributed by atoms with Crippen LogP contribution in [0.4, 0.5) is 4.79 Å².